The van der Waals surface area contributed by atoms with Gasteiger partial charge in [0, 0.05) is 37.6 Å². The monoisotopic (exact) mass is 384 g/mol. The Morgan fingerprint density at radius 3 is 2.81 bits per heavy atom. The summed E-state index contributed by atoms with van der Waals surface area (Å²) in [6, 6.07) is 15.1. The number of likely N-dealkylation sites (tertiary alicyclic amines) is 1. The molecule has 0 aliphatic carbocycles. The molecule has 1 aromatic heterocycles. The van der Waals surface area contributed by atoms with E-state index in [-0.39, 0.29) is 0 Å². The Hall–Kier alpha value is -1.85. The lowest BCUT2D eigenvalue weighted by atomic mass is 10.1. The summed E-state index contributed by atoms with van der Waals surface area (Å²) in [6.45, 7) is 8.40. The summed E-state index contributed by atoms with van der Waals surface area (Å²) < 4.78 is 0. The van der Waals surface area contributed by atoms with Gasteiger partial charge in [0.15, 0.2) is 5.96 Å². The van der Waals surface area contributed by atoms with Crippen molar-refractivity contribution in [3.8, 4) is 0 Å². The quantitative estimate of drug-likeness (QED) is 0.514. The first kappa shape index (κ1) is 19.9. The first-order valence-electron chi connectivity index (χ1n) is 10.1. The van der Waals surface area contributed by atoms with Crippen molar-refractivity contribution in [2.45, 2.75) is 26.2 Å². The molecule has 1 aliphatic heterocycles. The fraction of sp³-hybridized carbons (Fsp3) is 0.500. The van der Waals surface area contributed by atoms with Gasteiger partial charge in [0.2, 0.25) is 0 Å². The summed E-state index contributed by atoms with van der Waals surface area (Å²) in [5, 5.41) is 8.98. The number of thiophene rings is 1. The Bertz CT molecular complexity index is 669. The molecule has 2 heterocycles. The van der Waals surface area contributed by atoms with Crippen molar-refractivity contribution in [1.82, 2.24) is 15.5 Å². The maximum atomic E-state index is 4.84. The molecule has 146 valence electrons. The molecule has 1 unspecified atom stereocenters. The second-order valence-electron chi connectivity index (χ2n) is 7.17. The van der Waals surface area contributed by atoms with Gasteiger partial charge in [0.25, 0.3) is 0 Å². The number of hydrogen-bond donors (Lipinski definition) is 2. The topological polar surface area (TPSA) is 39.7 Å². The van der Waals surface area contributed by atoms with Gasteiger partial charge in [0.1, 0.15) is 0 Å². The van der Waals surface area contributed by atoms with Gasteiger partial charge < -0.3 is 15.5 Å². The second-order valence-corrected chi connectivity index (χ2v) is 8.20. The highest BCUT2D eigenvalue weighted by Crippen LogP contribution is 2.17. The van der Waals surface area contributed by atoms with Crippen LogP contribution in [0.4, 0.5) is 0 Å². The number of aliphatic imine (C=N–C) groups is 1. The van der Waals surface area contributed by atoms with E-state index in [1.807, 2.05) is 11.3 Å². The third kappa shape index (κ3) is 7.00. The van der Waals surface area contributed by atoms with Crippen LogP contribution in [-0.2, 0) is 12.8 Å². The number of rotatable bonds is 9. The summed E-state index contributed by atoms with van der Waals surface area (Å²) in [4.78, 5) is 8.85. The van der Waals surface area contributed by atoms with Crippen LogP contribution in [0.2, 0.25) is 0 Å². The predicted molar refractivity (Wildman–Crippen MR) is 117 cm³/mol. The minimum Gasteiger partial charge on any atom is -0.357 e. The van der Waals surface area contributed by atoms with E-state index < -0.39 is 0 Å². The summed E-state index contributed by atoms with van der Waals surface area (Å²) in [5.74, 6) is 1.63. The molecule has 1 saturated heterocycles. The highest BCUT2D eigenvalue weighted by Gasteiger charge is 2.21. The van der Waals surface area contributed by atoms with Crippen LogP contribution in [0.1, 0.15) is 23.8 Å². The van der Waals surface area contributed by atoms with Crippen LogP contribution < -0.4 is 10.6 Å². The minimum absolute atomic E-state index is 0.675. The number of guanidine groups is 1. The standard InChI is InChI=1S/C22H32N4S/c1-2-23-22(24-13-10-21-9-6-16-27-21)25-17-20-12-15-26(18-20)14-11-19-7-4-3-5-8-19/h3-9,16,20H,2,10-15,17-18H2,1H3,(H2,23,24,25). The zero-order valence-corrected chi connectivity index (χ0v) is 17.2. The zero-order valence-electron chi connectivity index (χ0n) is 16.4. The number of hydrogen-bond acceptors (Lipinski definition) is 3. The van der Waals surface area contributed by atoms with E-state index in [1.165, 1.54) is 30.0 Å². The molecule has 2 N–H and O–H groups in total. The van der Waals surface area contributed by atoms with Crippen LogP contribution in [0.3, 0.4) is 0 Å². The van der Waals surface area contributed by atoms with E-state index in [1.54, 1.807) is 0 Å². The molecule has 3 rings (SSSR count). The SMILES string of the molecule is CCNC(=NCC1CCN(CCc2ccccc2)C1)NCCc1cccs1. The average molecular weight is 385 g/mol. The van der Waals surface area contributed by atoms with Crippen molar-refractivity contribution in [3.05, 3.63) is 58.3 Å². The van der Waals surface area contributed by atoms with Gasteiger partial charge in [-0.15, -0.1) is 11.3 Å². The van der Waals surface area contributed by atoms with E-state index in [9.17, 15) is 0 Å². The third-order valence-electron chi connectivity index (χ3n) is 5.03. The van der Waals surface area contributed by atoms with E-state index in [2.05, 4.69) is 70.3 Å². The Morgan fingerprint density at radius 1 is 1.15 bits per heavy atom. The van der Waals surface area contributed by atoms with Crippen LogP contribution in [-0.4, -0.2) is 50.1 Å². The Labute approximate surface area is 167 Å². The van der Waals surface area contributed by atoms with Gasteiger partial charge in [-0.1, -0.05) is 36.4 Å². The molecule has 1 aliphatic rings. The van der Waals surface area contributed by atoms with E-state index in [0.29, 0.717) is 5.92 Å². The molecule has 0 bridgehead atoms. The summed E-state index contributed by atoms with van der Waals surface area (Å²) in [6.07, 6.45) is 3.45. The third-order valence-corrected chi connectivity index (χ3v) is 5.96. The highest BCUT2D eigenvalue weighted by atomic mass is 32.1. The molecule has 1 fully saturated rings. The van der Waals surface area contributed by atoms with Crippen LogP contribution >= 0.6 is 11.3 Å². The summed E-state index contributed by atoms with van der Waals surface area (Å²) >= 11 is 1.82. The average Bonchev–Trinajstić information content (AvgIpc) is 3.37. The smallest absolute Gasteiger partial charge is 0.191 e. The highest BCUT2D eigenvalue weighted by molar-refractivity contribution is 7.09. The first-order chi connectivity index (χ1) is 13.3. The molecule has 2 aromatic rings. The molecule has 0 saturated carbocycles. The van der Waals surface area contributed by atoms with Gasteiger partial charge in [-0.3, -0.25) is 4.99 Å². The van der Waals surface area contributed by atoms with Crippen molar-refractivity contribution in [3.63, 3.8) is 0 Å². The molecule has 0 radical (unpaired) electrons. The van der Waals surface area contributed by atoms with E-state index in [4.69, 9.17) is 4.99 Å². The summed E-state index contributed by atoms with van der Waals surface area (Å²) in [5.41, 5.74) is 1.43. The van der Waals surface area contributed by atoms with Gasteiger partial charge in [0.05, 0.1) is 0 Å². The molecule has 0 spiro atoms. The summed E-state index contributed by atoms with van der Waals surface area (Å²) in [7, 11) is 0. The van der Waals surface area contributed by atoms with Crippen LogP contribution in [0, 0.1) is 5.92 Å². The largest absolute Gasteiger partial charge is 0.357 e. The molecular formula is C22H32N4S. The zero-order chi connectivity index (χ0) is 18.7. The van der Waals surface area contributed by atoms with Crippen molar-refractivity contribution in [1.29, 1.82) is 0 Å². The minimum atomic E-state index is 0.675. The molecule has 0 amide bonds. The fourth-order valence-corrected chi connectivity index (χ4v) is 4.23. The lowest BCUT2D eigenvalue weighted by Gasteiger charge is -2.16. The number of nitrogens with one attached hydrogen (secondary N) is 2. The normalized spacial score (nSPS) is 18.0. The molecule has 4 nitrogen and oxygen atoms in total. The number of benzene rings is 1. The molecule has 5 heteroatoms. The van der Waals surface area contributed by atoms with E-state index in [0.717, 1.165) is 45.0 Å². The van der Waals surface area contributed by atoms with Gasteiger partial charge in [-0.25, -0.2) is 0 Å². The second kappa shape index (κ2) is 11.1. The fourth-order valence-electron chi connectivity index (χ4n) is 3.52. The molecular weight excluding hydrogens is 352 g/mol. The molecule has 1 aromatic carbocycles. The van der Waals surface area contributed by atoms with Crippen molar-refractivity contribution < 1.29 is 0 Å². The van der Waals surface area contributed by atoms with Crippen molar-refractivity contribution >= 4 is 17.3 Å². The Balaban J connectivity index is 1.38. The maximum Gasteiger partial charge on any atom is 0.191 e. The molecule has 27 heavy (non-hydrogen) atoms. The van der Waals surface area contributed by atoms with Crippen molar-refractivity contribution in [2.75, 3.05) is 39.3 Å². The van der Waals surface area contributed by atoms with Crippen LogP contribution in [0.15, 0.2) is 52.8 Å². The van der Waals surface area contributed by atoms with Crippen LogP contribution in [0.5, 0.6) is 0 Å². The predicted octanol–water partition coefficient (Wildman–Crippen LogP) is 3.41. The Morgan fingerprint density at radius 2 is 2.04 bits per heavy atom. The molecule has 1 atom stereocenters. The first-order valence-corrected chi connectivity index (χ1v) is 11.0. The van der Waals surface area contributed by atoms with Gasteiger partial charge in [-0.05, 0) is 55.7 Å². The van der Waals surface area contributed by atoms with Gasteiger partial charge >= 0.3 is 0 Å². The Kier molecular flexibility index (Phi) is 8.18. The van der Waals surface area contributed by atoms with Crippen LogP contribution in [0.25, 0.3) is 0 Å². The van der Waals surface area contributed by atoms with Crippen molar-refractivity contribution in [2.24, 2.45) is 10.9 Å². The van der Waals surface area contributed by atoms with E-state index >= 15 is 0 Å². The van der Waals surface area contributed by atoms with Gasteiger partial charge in [-0.2, -0.15) is 0 Å². The maximum absolute atomic E-state index is 4.84. The lowest BCUT2D eigenvalue weighted by Crippen LogP contribution is -2.38. The number of nitrogens with zero attached hydrogens (tertiary/aromatic N) is 2. The lowest BCUT2D eigenvalue weighted by molar-refractivity contribution is 0.329.